The van der Waals surface area contributed by atoms with Crippen LogP contribution in [-0.2, 0) is 0 Å². The first-order valence-corrected chi connectivity index (χ1v) is 10.1. The van der Waals surface area contributed by atoms with E-state index in [0.29, 0.717) is 17.8 Å². The predicted molar refractivity (Wildman–Crippen MR) is 117 cm³/mol. The predicted octanol–water partition coefficient (Wildman–Crippen LogP) is 7.37. The van der Waals surface area contributed by atoms with E-state index in [0.717, 1.165) is 6.42 Å². The zero-order chi connectivity index (χ0) is 18.5. The van der Waals surface area contributed by atoms with Gasteiger partial charge in [0.25, 0.3) is 0 Å². The Morgan fingerprint density at radius 3 is 2.70 bits per heavy atom. The Morgan fingerprint density at radius 2 is 1.81 bits per heavy atom. The molecule has 0 bridgehead atoms. The van der Waals surface area contributed by atoms with Gasteiger partial charge in [-0.25, -0.2) is 0 Å². The summed E-state index contributed by atoms with van der Waals surface area (Å²) in [6.07, 6.45) is 7.11. The van der Waals surface area contributed by atoms with Crippen molar-refractivity contribution in [3.8, 4) is 0 Å². The summed E-state index contributed by atoms with van der Waals surface area (Å²) in [4.78, 5) is 0. The monoisotopic (exact) mass is 350 g/mol. The lowest BCUT2D eigenvalue weighted by Crippen LogP contribution is -2.29. The third-order valence-electron chi connectivity index (χ3n) is 6.80. The number of aryl methyl sites for hydroxylation is 1. The second kappa shape index (κ2) is 6.23. The van der Waals surface area contributed by atoms with Crippen molar-refractivity contribution in [1.82, 2.24) is 0 Å². The van der Waals surface area contributed by atoms with E-state index in [1.54, 1.807) is 0 Å². The number of hydrogen-bond donors (Lipinski definition) is 0. The fourth-order valence-electron chi connectivity index (χ4n) is 5.33. The van der Waals surface area contributed by atoms with E-state index < -0.39 is 0 Å². The average Bonchev–Trinajstić information content (AvgIpc) is 2.66. The van der Waals surface area contributed by atoms with Crippen LogP contribution < -0.4 is 0 Å². The molecule has 27 heavy (non-hydrogen) atoms. The molecule has 3 aromatic carbocycles. The molecule has 0 spiro atoms. The number of hydrogen-bond acceptors (Lipinski definition) is 0. The Hall–Kier alpha value is -2.60. The molecule has 2 aliphatic carbocycles. The van der Waals surface area contributed by atoms with Crippen LogP contribution in [0.3, 0.4) is 0 Å². The van der Waals surface area contributed by atoms with Crippen LogP contribution in [-0.4, -0.2) is 0 Å². The maximum atomic E-state index is 4.50. The molecule has 0 N–H and O–H groups in total. The summed E-state index contributed by atoms with van der Waals surface area (Å²) in [6, 6.07) is 20.4. The van der Waals surface area contributed by atoms with Crippen molar-refractivity contribution in [2.75, 3.05) is 0 Å². The molecule has 0 heteroatoms. The smallest absolute Gasteiger partial charge is 0.0136 e. The normalized spacial score (nSPS) is 23.9. The van der Waals surface area contributed by atoms with Gasteiger partial charge in [0.1, 0.15) is 0 Å². The van der Waals surface area contributed by atoms with E-state index in [4.69, 9.17) is 0 Å². The Labute approximate surface area is 162 Å². The Bertz CT molecular complexity index is 1080. The topological polar surface area (TPSA) is 0 Å². The lowest BCUT2D eigenvalue weighted by molar-refractivity contribution is 0.350. The molecule has 3 atom stereocenters. The molecule has 0 aliphatic heterocycles. The Morgan fingerprint density at radius 1 is 0.963 bits per heavy atom. The Balaban J connectivity index is 1.84. The van der Waals surface area contributed by atoms with Gasteiger partial charge in [-0.1, -0.05) is 85.8 Å². The first-order valence-electron chi connectivity index (χ1n) is 10.1. The first-order chi connectivity index (χ1) is 13.1. The summed E-state index contributed by atoms with van der Waals surface area (Å²) >= 11 is 0. The Kier molecular flexibility index (Phi) is 3.82. The number of fused-ring (bicyclic) bond motifs is 7. The summed E-state index contributed by atoms with van der Waals surface area (Å²) in [5.41, 5.74) is 8.41. The second-order valence-electron chi connectivity index (χ2n) is 8.32. The van der Waals surface area contributed by atoms with Gasteiger partial charge < -0.3 is 0 Å². The zero-order valence-electron chi connectivity index (χ0n) is 16.2. The van der Waals surface area contributed by atoms with Crippen molar-refractivity contribution in [1.29, 1.82) is 0 Å². The lowest BCUT2D eigenvalue weighted by Gasteiger charge is -2.41. The molecule has 134 valence electrons. The molecule has 0 aromatic heterocycles. The van der Waals surface area contributed by atoms with Gasteiger partial charge in [-0.15, -0.1) is 0 Å². The second-order valence-corrected chi connectivity index (χ2v) is 8.32. The van der Waals surface area contributed by atoms with Crippen molar-refractivity contribution in [2.45, 2.75) is 32.6 Å². The first kappa shape index (κ1) is 16.6. The van der Waals surface area contributed by atoms with Crippen molar-refractivity contribution < 1.29 is 0 Å². The lowest BCUT2D eigenvalue weighted by atomic mass is 9.62. The van der Waals surface area contributed by atoms with Crippen LogP contribution in [0, 0.1) is 18.8 Å². The molecule has 3 aromatic rings. The third-order valence-corrected chi connectivity index (χ3v) is 6.80. The number of benzene rings is 3. The van der Waals surface area contributed by atoms with Gasteiger partial charge in [-0.3, -0.25) is 0 Å². The summed E-state index contributed by atoms with van der Waals surface area (Å²) < 4.78 is 0. The largest absolute Gasteiger partial charge is 0.0949 e. The van der Waals surface area contributed by atoms with E-state index in [2.05, 4.69) is 87.2 Å². The van der Waals surface area contributed by atoms with Crippen LogP contribution in [0.2, 0.25) is 0 Å². The SMILES string of the molecule is C=C1c2ccc(C)cc2C2c3ccc4ccccc4c3C=CCCC2C1C. The molecular formula is C27H26. The molecule has 2 aliphatic rings. The van der Waals surface area contributed by atoms with Crippen LogP contribution in [0.1, 0.15) is 53.5 Å². The van der Waals surface area contributed by atoms with E-state index in [9.17, 15) is 0 Å². The molecule has 0 nitrogen and oxygen atoms in total. The molecule has 0 radical (unpaired) electrons. The van der Waals surface area contributed by atoms with Gasteiger partial charge in [-0.2, -0.15) is 0 Å². The van der Waals surface area contributed by atoms with Gasteiger partial charge in [0.2, 0.25) is 0 Å². The minimum absolute atomic E-state index is 0.449. The van der Waals surface area contributed by atoms with Crippen molar-refractivity contribution >= 4 is 22.4 Å². The molecular weight excluding hydrogens is 324 g/mol. The number of allylic oxidation sites excluding steroid dienone is 2. The van der Waals surface area contributed by atoms with Gasteiger partial charge in [0.15, 0.2) is 0 Å². The summed E-state index contributed by atoms with van der Waals surface area (Å²) in [7, 11) is 0. The summed E-state index contributed by atoms with van der Waals surface area (Å²) in [5.74, 6) is 1.57. The molecule has 0 heterocycles. The average molecular weight is 351 g/mol. The van der Waals surface area contributed by atoms with E-state index in [1.807, 2.05) is 0 Å². The van der Waals surface area contributed by atoms with Crippen LogP contribution in [0.5, 0.6) is 0 Å². The van der Waals surface area contributed by atoms with Crippen molar-refractivity contribution in [3.05, 3.63) is 95.1 Å². The number of rotatable bonds is 0. The molecule has 0 saturated heterocycles. The molecule has 0 saturated carbocycles. The van der Waals surface area contributed by atoms with Gasteiger partial charge in [0.05, 0.1) is 0 Å². The van der Waals surface area contributed by atoms with Gasteiger partial charge in [0, 0.05) is 5.92 Å². The van der Waals surface area contributed by atoms with Crippen LogP contribution in [0.15, 0.2) is 67.3 Å². The third kappa shape index (κ3) is 2.51. The maximum Gasteiger partial charge on any atom is 0.0136 e. The van der Waals surface area contributed by atoms with Crippen LogP contribution in [0.25, 0.3) is 22.4 Å². The fourth-order valence-corrected chi connectivity index (χ4v) is 5.33. The van der Waals surface area contributed by atoms with Crippen LogP contribution in [0.4, 0.5) is 0 Å². The maximum absolute atomic E-state index is 4.50. The molecule has 5 rings (SSSR count). The highest BCUT2D eigenvalue weighted by molar-refractivity contribution is 5.92. The highest BCUT2D eigenvalue weighted by atomic mass is 14.4. The van der Waals surface area contributed by atoms with Crippen LogP contribution >= 0.6 is 0 Å². The standard InChI is InChI=1S/C27H26/c1-17-12-14-21-18(2)19(3)22-9-6-7-11-24-23-10-5-4-8-20(23)13-15-25(24)27(22)26(21)16-17/h4-5,7-8,10-16,19,22,27H,2,6,9H2,1,3H3. The van der Waals surface area contributed by atoms with Crippen molar-refractivity contribution in [3.63, 3.8) is 0 Å². The van der Waals surface area contributed by atoms with Crippen molar-refractivity contribution in [2.24, 2.45) is 11.8 Å². The van der Waals surface area contributed by atoms with Gasteiger partial charge in [-0.05, 0) is 70.2 Å². The zero-order valence-corrected chi connectivity index (χ0v) is 16.2. The minimum atomic E-state index is 0.449. The highest BCUT2D eigenvalue weighted by Gasteiger charge is 2.38. The van der Waals surface area contributed by atoms with Gasteiger partial charge >= 0.3 is 0 Å². The summed E-state index contributed by atoms with van der Waals surface area (Å²) in [6.45, 7) is 9.09. The molecule has 3 unspecified atom stereocenters. The van der Waals surface area contributed by atoms with E-state index in [-0.39, 0.29) is 0 Å². The quantitative estimate of drug-likeness (QED) is 0.397. The highest BCUT2D eigenvalue weighted by Crippen LogP contribution is 2.52. The molecule has 0 fully saturated rings. The fraction of sp³-hybridized carbons (Fsp3) is 0.259. The minimum Gasteiger partial charge on any atom is -0.0949 e. The molecule has 0 amide bonds. The van der Waals surface area contributed by atoms with E-state index in [1.165, 1.54) is 50.6 Å². The van der Waals surface area contributed by atoms with E-state index >= 15 is 0 Å². The summed E-state index contributed by atoms with van der Waals surface area (Å²) in [5, 5.41) is 2.70.